The minimum absolute atomic E-state index is 0. The molecule has 0 aliphatic carbocycles. The Morgan fingerprint density at radius 3 is 0.184 bits per heavy atom. The summed E-state index contributed by atoms with van der Waals surface area (Å²) in [7, 11) is 1.75. The van der Waals surface area contributed by atoms with Gasteiger partial charge in [0.1, 0.15) is 16.3 Å². The van der Waals surface area contributed by atoms with Gasteiger partial charge in [0.2, 0.25) is 0 Å². The van der Waals surface area contributed by atoms with E-state index >= 15 is 0 Å². The van der Waals surface area contributed by atoms with Crippen molar-refractivity contribution in [1.82, 2.24) is 0 Å². The average molecular weight is 1820 g/mol. The van der Waals surface area contributed by atoms with Crippen LogP contribution in [0.1, 0.15) is 13.8 Å². The molecule has 33 N–H and O–H groups in total. The third-order valence-corrected chi connectivity index (χ3v) is 0. The van der Waals surface area contributed by atoms with E-state index in [9.17, 15) is 0 Å². The predicted octanol–water partition coefficient (Wildman–Crippen LogP) is -122. The molecule has 0 amide bonds. The van der Waals surface area contributed by atoms with Gasteiger partial charge in [-0.3, -0.25) is 137 Å². The Balaban J connectivity index is -0.00000000194. The molecule has 0 rings (SSSR count). The van der Waals surface area contributed by atoms with Gasteiger partial charge in [-0.1, -0.05) is 18.9 Å². The Kier molecular flexibility index (Phi) is 11100. The Morgan fingerprint density at radius 1 is 0.184 bits per heavy atom. The van der Waals surface area contributed by atoms with E-state index < -0.39 is 0 Å². The maximum absolute atomic E-state index is 8.25. The molecular formula is C5H48AlNa30O62. The molecule has 0 aliphatic heterocycles. The van der Waals surface area contributed by atoms with Gasteiger partial charge in [0, 0.05) is 36.7 Å². The van der Waals surface area contributed by atoms with Crippen molar-refractivity contribution in [2.45, 2.75) is 19.6 Å². The maximum atomic E-state index is 8.25. The van der Waals surface area contributed by atoms with Crippen LogP contribution in [0, 0.1) is 0 Å². The van der Waals surface area contributed by atoms with Crippen LogP contribution in [0.2, 0.25) is 5.79 Å². The van der Waals surface area contributed by atoms with E-state index in [1.807, 2.05) is 19.6 Å². The molecule has 0 unspecified atom stereocenters. The van der Waals surface area contributed by atoms with Crippen molar-refractivity contribution in [3.05, 3.63) is 0 Å². The third-order valence-electron chi connectivity index (χ3n) is 0. The van der Waals surface area contributed by atoms with Gasteiger partial charge >= 0.3 is 857 Å². The van der Waals surface area contributed by atoms with E-state index in [2.05, 4.69) is 21.3 Å². The Hall–Kier alpha value is 28.1. The number of hydrogen-bond acceptors (Lipinski definition) is 60. The van der Waals surface area contributed by atoms with Crippen molar-refractivity contribution < 1.29 is 1180 Å². The van der Waals surface area contributed by atoms with Crippen molar-refractivity contribution in [1.29, 1.82) is 0 Å². The molecular weight excluding hydrogens is 1770 g/mol. The van der Waals surface area contributed by atoms with Crippen LogP contribution >= 0.6 is 0 Å². The van der Waals surface area contributed by atoms with E-state index in [0.29, 0.717) is 0 Å². The molecule has 0 aromatic heterocycles. The summed E-state index contributed by atoms with van der Waals surface area (Å²) in [6, 6.07) is 0. The molecule has 0 fully saturated rings. The summed E-state index contributed by atoms with van der Waals surface area (Å²) in [5.41, 5.74) is 0. The first-order chi connectivity index (χ1) is 32.8. The minimum Gasteiger partial charge on any atom is -1.00 e. The van der Waals surface area contributed by atoms with Gasteiger partial charge in [0.05, 0.1) is 0 Å². The second-order valence-corrected chi connectivity index (χ2v) is 0.150. The zero-order chi connectivity index (χ0) is 65.4. The number of aliphatic hydroxyl groups is 1. The summed E-state index contributed by atoms with van der Waals surface area (Å²) in [5.74, 6) is 1.92. The van der Waals surface area contributed by atoms with Crippen molar-refractivity contribution in [3.63, 3.8) is 0 Å². The Morgan fingerprint density at radius 2 is 0.184 bits per heavy atom. The molecule has 0 aromatic rings. The van der Waals surface area contributed by atoms with E-state index in [0.717, 1.165) is 14.2 Å². The van der Waals surface area contributed by atoms with Gasteiger partial charge in [0.25, 0.3) is 0 Å². The van der Waals surface area contributed by atoms with Crippen LogP contribution in [0.25, 0.3) is 0 Å². The quantitative estimate of drug-likeness (QED) is 0.0608. The molecule has 0 saturated carbocycles. The third kappa shape index (κ3) is 2390. The van der Waals surface area contributed by atoms with Crippen molar-refractivity contribution in [2.24, 2.45) is 0 Å². The first-order valence-corrected chi connectivity index (χ1v) is 9.05. The van der Waals surface area contributed by atoms with Gasteiger partial charge in [0.15, 0.2) is 0 Å². The second kappa shape index (κ2) is 2130. The fraction of sp³-hybridized carbons (Fsp3) is 1.00. The van der Waals surface area contributed by atoms with Crippen LogP contribution in [0.4, 0.5) is 0 Å². The van der Waals surface area contributed by atoms with Gasteiger partial charge in [-0.15, -0.1) is 5.79 Å². The van der Waals surface area contributed by atoms with Gasteiger partial charge in [-0.25, -0.2) is 10.5 Å². The molecule has 0 heterocycles. The molecule has 0 aromatic carbocycles. The smallest absolute Gasteiger partial charge is 1.00 e. The van der Waals surface area contributed by atoms with Crippen LogP contribution in [0.15, 0.2) is 0 Å². The number of rotatable bonds is 0. The molecule has 0 aliphatic rings. The van der Waals surface area contributed by atoms with E-state index in [4.69, 9.17) is 305 Å². The van der Waals surface area contributed by atoms with Crippen molar-refractivity contribution in [3.8, 4) is 0 Å². The van der Waals surface area contributed by atoms with Crippen molar-refractivity contribution >= 4 is 45.8 Å². The molecule has 62 nitrogen and oxygen atoms in total. The van der Waals surface area contributed by atoms with Crippen LogP contribution in [-0.2, 0) is 10.1 Å². The first-order valence-electron chi connectivity index (χ1n) is 7.90. The molecule has 0 saturated heterocycles. The van der Waals surface area contributed by atoms with Crippen LogP contribution < -0.4 is 1010 Å². The van der Waals surface area contributed by atoms with Crippen molar-refractivity contribution in [2.75, 3.05) is 14.2 Å². The first kappa shape index (κ1) is 512. The van der Waals surface area contributed by atoms with Gasteiger partial charge in [-0.2, -0.15) is 7.11 Å². The normalized spacial score (nSPS) is 2.19. The maximum Gasteiger partial charge on any atom is 1.00 e. The molecule has 0 atom stereocenters. The van der Waals surface area contributed by atoms with Crippen LogP contribution in [0.5, 0.6) is 0 Å². The van der Waals surface area contributed by atoms with E-state index in [1.54, 1.807) is 5.04 Å². The summed E-state index contributed by atoms with van der Waals surface area (Å²) in [6.07, 6.45) is 0. The van der Waals surface area contributed by atoms with E-state index in [-0.39, 0.29) is 898 Å². The average Bonchev–Trinajstić information content (AvgIpc) is 3.54. The topological polar surface area (TPSA) is 1340 Å². The molecule has 3 radical (unpaired) electrons. The monoisotopic (exact) mass is 1820 g/mol. The Bertz CT molecular complexity index is 122. The Labute approximate surface area is 1230 Å². The molecule has 98 heavy (non-hydrogen) atoms. The summed E-state index contributed by atoms with van der Waals surface area (Å²) in [6.45, 7) is 4.00. The molecule has 93 heteroatoms. The fourth-order valence-corrected chi connectivity index (χ4v) is 0. The predicted molar refractivity (Wildman–Crippen MR) is 126 cm³/mol. The van der Waals surface area contributed by atoms with Gasteiger partial charge < -0.3 is 173 Å². The van der Waals surface area contributed by atoms with Gasteiger partial charge in [-0.05, 0) is 0 Å². The largest absolute Gasteiger partial charge is 1.00 e. The van der Waals surface area contributed by atoms with Crippen LogP contribution in [0.3, 0.4) is 0 Å². The summed E-state index contributed by atoms with van der Waals surface area (Å²) >= 11 is 2.42. The summed E-state index contributed by atoms with van der Waals surface area (Å²) in [4.78, 5) is 0. The SMILES string of the molecule is CC.CO.C[O-].O.O.OO.OO.OO.OO.OO.OO.OO.OO.OO.OO.OO.OO.OO.OOO.[CH3][Al].[Na+].[Na+].[Na+].[Na+].[Na+].[Na+].[Na+].[Na+].[Na+].[Na+].[Na+].[Na+].[Na+].[Na+].[Na+].[Na+].[Na+].[Na+].[Na+].[Na+].[Na+].[Na+].[Na+].[Na+].[Na+].[Na+].[Na+].[Na+].[Na+].[Na].[O-]O[O-].[O-][O-].[O-][O-].[O-][O-].[O-][O-].[O-][O-].[O-][O-].[O-][O-].[O-][O-].[O-][O-].[O-][O-].[O-][O-].[O-][O-].[O-][O-]. The standard InChI is InChI=1S/C2H6.CH4O.CH3O.CH3.Al.30Na.2H2O3.13H2O2.13O2.2H2O/c3*1-2;;;;;;;;;;;;;;;;;;;;;;;;;;;;;;;;;2*1-3-2;26*1-2;;/h1-2H3;2H,1H3;1H3;1H3;;;;;;;;;;;;;;;;;;;;;;;;;;;;;;;;2*1-2H;13*1-2H;;;;;;;;;;;;;;2*1H2/q;;-1;;;;29*+1;;;;;;;;;;;;;;;;13*-2;;/p-2. The zero-order valence-electron chi connectivity index (χ0n) is 62.2. The van der Waals surface area contributed by atoms with Crippen LogP contribution in [-0.4, -0.2) is 223 Å². The summed E-state index contributed by atoms with van der Waals surface area (Å²) in [5, 5.41) is 386. The fourth-order valence-electron chi connectivity index (χ4n) is 0. The molecule has 473 valence electrons. The summed E-state index contributed by atoms with van der Waals surface area (Å²) < 4.78 is 0. The number of aliphatic hydroxyl groups excluding tert-OH is 1. The molecule has 0 spiro atoms. The minimum atomic E-state index is 0. The number of hydrogen-bond donors (Lipinski definition) is 29. The second-order valence-electron chi connectivity index (χ2n) is 0.150. The molecule has 0 bridgehead atoms. The zero-order valence-corrected chi connectivity index (χ0v) is 123. The van der Waals surface area contributed by atoms with E-state index in [1.165, 1.54) is 0 Å².